The Bertz CT molecular complexity index is 1020. The molecule has 0 radical (unpaired) electrons. The van der Waals surface area contributed by atoms with Crippen LogP contribution in [0.15, 0.2) is 24.3 Å². The van der Waals surface area contributed by atoms with Gasteiger partial charge in [0, 0.05) is 0 Å². The van der Waals surface area contributed by atoms with Gasteiger partial charge in [-0.2, -0.15) is 4.52 Å². The zero-order chi connectivity index (χ0) is 20.5. The molecule has 1 aliphatic rings. The number of hydrogen-bond acceptors (Lipinski definition) is 7. The Morgan fingerprint density at radius 3 is 2.76 bits per heavy atom. The van der Waals surface area contributed by atoms with Gasteiger partial charge < -0.3 is 9.84 Å². The van der Waals surface area contributed by atoms with Gasteiger partial charge in [-0.15, -0.1) is 5.10 Å². The number of ether oxygens (including phenoxy) is 1. The second kappa shape index (κ2) is 8.12. The van der Waals surface area contributed by atoms with E-state index < -0.39 is 0 Å². The Morgan fingerprint density at radius 1 is 1.34 bits per heavy atom. The van der Waals surface area contributed by atoms with Crippen LogP contribution in [0.5, 0.6) is 5.88 Å². The highest BCUT2D eigenvalue weighted by molar-refractivity contribution is 7.17. The Hall–Kier alpha value is -2.45. The van der Waals surface area contributed by atoms with E-state index in [-0.39, 0.29) is 23.8 Å². The number of thiazole rings is 1. The monoisotopic (exact) mass is 414 g/mol. The smallest absolute Gasteiger partial charge is 0.309 e. The van der Waals surface area contributed by atoms with Crippen LogP contribution < -0.4 is 0 Å². The lowest BCUT2D eigenvalue weighted by Gasteiger charge is -2.36. The highest BCUT2D eigenvalue weighted by Gasteiger charge is 2.34. The van der Waals surface area contributed by atoms with Gasteiger partial charge in [0.1, 0.15) is 5.82 Å². The number of aromatic hydroxyl groups is 1. The largest absolute Gasteiger partial charge is 0.492 e. The van der Waals surface area contributed by atoms with Crippen molar-refractivity contribution in [2.75, 3.05) is 19.7 Å². The number of benzene rings is 1. The average molecular weight is 415 g/mol. The molecular weight excluding hydrogens is 388 g/mol. The van der Waals surface area contributed by atoms with Gasteiger partial charge in [0.15, 0.2) is 0 Å². The fourth-order valence-corrected chi connectivity index (χ4v) is 5.21. The van der Waals surface area contributed by atoms with E-state index in [1.807, 2.05) is 19.9 Å². The van der Waals surface area contributed by atoms with Crippen molar-refractivity contribution in [1.82, 2.24) is 19.5 Å². The van der Waals surface area contributed by atoms with Crippen molar-refractivity contribution < 1.29 is 14.6 Å². The van der Waals surface area contributed by atoms with Gasteiger partial charge in [-0.1, -0.05) is 41.2 Å². The van der Waals surface area contributed by atoms with E-state index in [1.165, 1.54) is 21.4 Å². The van der Waals surface area contributed by atoms with E-state index in [2.05, 4.69) is 40.1 Å². The number of nitrogens with zero attached hydrogens (tertiary/aromatic N) is 4. The van der Waals surface area contributed by atoms with Crippen molar-refractivity contribution in [2.24, 2.45) is 5.92 Å². The quantitative estimate of drug-likeness (QED) is 0.644. The summed E-state index contributed by atoms with van der Waals surface area (Å²) < 4.78 is 6.72. The van der Waals surface area contributed by atoms with Crippen LogP contribution in [0.4, 0.5) is 0 Å². The Kier molecular flexibility index (Phi) is 5.56. The second-order valence-corrected chi connectivity index (χ2v) is 8.53. The molecular formula is C21H26N4O3S. The number of esters is 1. The van der Waals surface area contributed by atoms with E-state index in [0.29, 0.717) is 17.4 Å². The van der Waals surface area contributed by atoms with E-state index in [0.717, 1.165) is 36.4 Å². The third kappa shape index (κ3) is 3.86. The van der Waals surface area contributed by atoms with Gasteiger partial charge in [0.2, 0.25) is 10.8 Å². The van der Waals surface area contributed by atoms with Gasteiger partial charge in [0.05, 0.1) is 23.4 Å². The fourth-order valence-electron chi connectivity index (χ4n) is 4.05. The highest BCUT2D eigenvalue weighted by atomic mass is 32.1. The van der Waals surface area contributed by atoms with Crippen LogP contribution in [-0.2, 0) is 9.53 Å². The number of fused-ring (bicyclic) bond motifs is 1. The molecule has 1 fully saturated rings. The molecule has 0 aliphatic carbocycles. The van der Waals surface area contributed by atoms with Gasteiger partial charge >= 0.3 is 5.97 Å². The predicted octanol–water partition coefficient (Wildman–Crippen LogP) is 3.48. The standard InChI is InChI=1S/C21H26N4O3S/c1-4-28-20(27)15-8-10-24(11-9-15)17(16-7-5-6-13(2)12-16)18-19(26)25-21(29-18)22-14(3)23-25/h5-7,12,15,17,26H,4,8-11H2,1-3H3. The molecule has 1 atom stereocenters. The summed E-state index contributed by atoms with van der Waals surface area (Å²) in [7, 11) is 0. The number of piperidine rings is 1. The van der Waals surface area contributed by atoms with Crippen molar-refractivity contribution in [2.45, 2.75) is 39.7 Å². The van der Waals surface area contributed by atoms with Crippen molar-refractivity contribution in [3.05, 3.63) is 46.1 Å². The number of likely N-dealkylation sites (tertiary alicyclic amines) is 1. The van der Waals surface area contributed by atoms with E-state index in [1.54, 1.807) is 0 Å². The summed E-state index contributed by atoms with van der Waals surface area (Å²) in [6, 6.07) is 8.26. The fraction of sp³-hybridized carbons (Fsp3) is 0.476. The summed E-state index contributed by atoms with van der Waals surface area (Å²) in [5, 5.41) is 15.2. The van der Waals surface area contributed by atoms with E-state index in [4.69, 9.17) is 4.74 Å². The normalized spacial score (nSPS) is 16.9. The molecule has 7 nitrogen and oxygen atoms in total. The Balaban J connectivity index is 1.67. The van der Waals surface area contributed by atoms with Crippen LogP contribution in [-0.4, -0.2) is 50.3 Å². The molecule has 0 bridgehead atoms. The maximum Gasteiger partial charge on any atom is 0.309 e. The van der Waals surface area contributed by atoms with Crippen LogP contribution in [0.1, 0.15) is 47.6 Å². The number of carbonyl (C=O) groups excluding carboxylic acids is 1. The summed E-state index contributed by atoms with van der Waals surface area (Å²) in [5.41, 5.74) is 2.29. The molecule has 0 spiro atoms. The molecule has 1 unspecified atom stereocenters. The topological polar surface area (TPSA) is 80.0 Å². The van der Waals surface area contributed by atoms with Crippen molar-refractivity contribution >= 4 is 22.3 Å². The number of aromatic nitrogens is 3. The lowest BCUT2D eigenvalue weighted by molar-refractivity contribution is -0.149. The van der Waals surface area contributed by atoms with Crippen LogP contribution >= 0.6 is 11.3 Å². The molecule has 1 N–H and O–H groups in total. The first-order valence-electron chi connectivity index (χ1n) is 10.00. The molecule has 1 aliphatic heterocycles. The van der Waals surface area contributed by atoms with Gasteiger partial charge in [-0.3, -0.25) is 9.69 Å². The molecule has 4 rings (SSSR count). The van der Waals surface area contributed by atoms with Crippen LogP contribution in [0.3, 0.4) is 0 Å². The first kappa shape index (κ1) is 19.8. The van der Waals surface area contributed by atoms with Gasteiger partial charge in [0.25, 0.3) is 0 Å². The van der Waals surface area contributed by atoms with Gasteiger partial charge in [-0.05, 0) is 52.3 Å². The number of hydrogen-bond donors (Lipinski definition) is 1. The SMILES string of the molecule is CCOC(=O)C1CCN(C(c2cccc(C)c2)c2sc3nc(C)nn3c2O)CC1. The van der Waals surface area contributed by atoms with Crippen molar-refractivity contribution in [1.29, 1.82) is 0 Å². The number of aryl methyl sites for hydroxylation is 2. The lowest BCUT2D eigenvalue weighted by atomic mass is 9.93. The van der Waals surface area contributed by atoms with E-state index in [9.17, 15) is 9.90 Å². The summed E-state index contributed by atoms with van der Waals surface area (Å²) in [4.78, 5) is 20.4. The minimum Gasteiger partial charge on any atom is -0.492 e. The molecule has 1 aromatic carbocycles. The zero-order valence-corrected chi connectivity index (χ0v) is 17.8. The average Bonchev–Trinajstić information content (AvgIpc) is 3.20. The zero-order valence-electron chi connectivity index (χ0n) is 17.0. The number of carbonyl (C=O) groups is 1. The summed E-state index contributed by atoms with van der Waals surface area (Å²) in [6.07, 6.45) is 1.50. The molecule has 154 valence electrons. The molecule has 2 aromatic heterocycles. The molecule has 3 heterocycles. The first-order chi connectivity index (χ1) is 14.0. The third-order valence-corrected chi connectivity index (χ3v) is 6.50. The molecule has 0 amide bonds. The molecule has 3 aromatic rings. The lowest BCUT2D eigenvalue weighted by Crippen LogP contribution is -2.39. The van der Waals surface area contributed by atoms with E-state index >= 15 is 0 Å². The van der Waals surface area contributed by atoms with Crippen LogP contribution in [0.25, 0.3) is 4.96 Å². The summed E-state index contributed by atoms with van der Waals surface area (Å²) >= 11 is 1.47. The third-order valence-electron chi connectivity index (χ3n) is 5.43. The molecule has 0 saturated carbocycles. The first-order valence-corrected chi connectivity index (χ1v) is 10.8. The highest BCUT2D eigenvalue weighted by Crippen LogP contribution is 2.41. The van der Waals surface area contributed by atoms with Crippen LogP contribution in [0, 0.1) is 19.8 Å². The number of rotatable bonds is 5. The minimum absolute atomic E-state index is 0.0528. The van der Waals surface area contributed by atoms with Crippen molar-refractivity contribution in [3.63, 3.8) is 0 Å². The van der Waals surface area contributed by atoms with Gasteiger partial charge in [-0.25, -0.2) is 4.98 Å². The second-order valence-electron chi connectivity index (χ2n) is 7.52. The maximum absolute atomic E-state index is 12.1. The minimum atomic E-state index is -0.105. The molecule has 8 heteroatoms. The van der Waals surface area contributed by atoms with Crippen molar-refractivity contribution in [3.8, 4) is 5.88 Å². The summed E-state index contributed by atoms with van der Waals surface area (Å²) in [5.74, 6) is 0.629. The Labute approximate surface area is 173 Å². The predicted molar refractivity (Wildman–Crippen MR) is 111 cm³/mol. The Morgan fingerprint density at radius 2 is 2.10 bits per heavy atom. The molecule has 29 heavy (non-hydrogen) atoms. The van der Waals surface area contributed by atoms with Crippen LogP contribution in [0.2, 0.25) is 0 Å². The maximum atomic E-state index is 12.1. The summed E-state index contributed by atoms with van der Waals surface area (Å²) in [6.45, 7) is 7.66. The molecule has 1 saturated heterocycles.